The van der Waals surface area contributed by atoms with Gasteiger partial charge in [0.1, 0.15) is 12.2 Å². The fraction of sp³-hybridized carbons (Fsp3) is 0.278. The Hall–Kier alpha value is -3.05. The smallest absolute Gasteiger partial charge is 0.344 e. The first-order valence-corrected chi connectivity index (χ1v) is 9.59. The zero-order chi connectivity index (χ0) is 22.9. The minimum atomic E-state index is -2.85. The summed E-state index contributed by atoms with van der Waals surface area (Å²) in [5.74, 6) is -0.151. The van der Waals surface area contributed by atoms with E-state index in [0.29, 0.717) is 4.68 Å². The molecule has 2 aromatic heterocycles. The Labute approximate surface area is 182 Å². The Morgan fingerprint density at radius 3 is 2.35 bits per heavy atom. The number of nitrogens with one attached hydrogen (secondary N) is 2. The highest BCUT2D eigenvalue weighted by Gasteiger charge is 2.18. The van der Waals surface area contributed by atoms with Gasteiger partial charge in [0.05, 0.1) is 16.2 Å². The topological polar surface area (TPSA) is 123 Å². The van der Waals surface area contributed by atoms with Gasteiger partial charge in [0.2, 0.25) is 5.88 Å². The average molecular weight is 474 g/mol. The molecule has 0 fully saturated rings. The molecule has 3 aromatic rings. The molecule has 0 aliphatic rings. The highest BCUT2D eigenvalue weighted by molar-refractivity contribution is 6.37. The van der Waals surface area contributed by atoms with Gasteiger partial charge in [-0.2, -0.15) is 5.10 Å². The van der Waals surface area contributed by atoms with Crippen molar-refractivity contribution in [3.63, 3.8) is 0 Å². The number of nitrogens with zero attached hydrogens (tertiary/aromatic N) is 3. The van der Waals surface area contributed by atoms with Crippen LogP contribution in [0.5, 0.6) is 11.6 Å². The first-order valence-electron chi connectivity index (χ1n) is 8.83. The van der Waals surface area contributed by atoms with Crippen LogP contribution in [-0.4, -0.2) is 31.2 Å². The van der Waals surface area contributed by atoms with E-state index in [-0.39, 0.29) is 50.1 Å². The summed E-state index contributed by atoms with van der Waals surface area (Å²) in [5, 5.41) is 3.60. The van der Waals surface area contributed by atoms with Gasteiger partial charge in [-0.1, -0.05) is 37.0 Å². The maximum absolute atomic E-state index is 12.6. The van der Waals surface area contributed by atoms with Crippen molar-refractivity contribution in [1.82, 2.24) is 24.7 Å². The molecular formula is C18H15Cl2F2N5O4. The molecule has 0 bridgehead atoms. The third-order valence-corrected chi connectivity index (χ3v) is 4.58. The van der Waals surface area contributed by atoms with Crippen molar-refractivity contribution < 1.29 is 13.5 Å². The van der Waals surface area contributed by atoms with Crippen LogP contribution in [0.2, 0.25) is 10.0 Å². The van der Waals surface area contributed by atoms with Crippen LogP contribution < -0.4 is 21.5 Å². The van der Waals surface area contributed by atoms with Crippen LogP contribution in [0.15, 0.2) is 32.7 Å². The molecule has 9 nitrogen and oxygen atoms in total. The molecule has 0 amide bonds. The van der Waals surface area contributed by atoms with E-state index in [1.165, 1.54) is 18.3 Å². The number of hydrogen-bond acceptors (Lipinski definition) is 6. The molecule has 0 aliphatic carbocycles. The maximum atomic E-state index is 12.6. The summed E-state index contributed by atoms with van der Waals surface area (Å²) in [7, 11) is 0. The number of H-pyrrole nitrogens is 2. The molecule has 2 heterocycles. The number of alkyl halides is 2. The SMILES string of the molecule is CC(C)c1nc(Oc2c(Cl)cc(-c3nn(CC(F)F)c(=O)[nH]c3=O)cc2Cl)c[nH]c1=O. The fourth-order valence-corrected chi connectivity index (χ4v) is 3.19. The Kier molecular flexibility index (Phi) is 6.56. The van der Waals surface area contributed by atoms with E-state index in [4.69, 9.17) is 27.9 Å². The molecule has 13 heteroatoms. The second kappa shape index (κ2) is 8.98. The zero-order valence-electron chi connectivity index (χ0n) is 16.1. The van der Waals surface area contributed by atoms with Crippen molar-refractivity contribution in [3.05, 3.63) is 65.3 Å². The number of hydrogen-bond donors (Lipinski definition) is 2. The van der Waals surface area contributed by atoms with E-state index in [9.17, 15) is 23.2 Å². The molecule has 0 saturated heterocycles. The van der Waals surface area contributed by atoms with Crippen LogP contribution in [0.3, 0.4) is 0 Å². The highest BCUT2D eigenvalue weighted by atomic mass is 35.5. The number of benzene rings is 1. The zero-order valence-corrected chi connectivity index (χ0v) is 17.6. The van der Waals surface area contributed by atoms with Gasteiger partial charge in [-0.3, -0.25) is 14.6 Å². The number of rotatable bonds is 6. The van der Waals surface area contributed by atoms with E-state index in [0.717, 1.165) is 0 Å². The van der Waals surface area contributed by atoms with Crippen molar-refractivity contribution in [3.8, 4) is 22.9 Å². The molecule has 0 saturated carbocycles. The predicted molar refractivity (Wildman–Crippen MR) is 110 cm³/mol. The highest BCUT2D eigenvalue weighted by Crippen LogP contribution is 2.38. The fourth-order valence-electron chi connectivity index (χ4n) is 2.62. The van der Waals surface area contributed by atoms with Crippen molar-refractivity contribution in [2.24, 2.45) is 0 Å². The third-order valence-electron chi connectivity index (χ3n) is 4.02. The Morgan fingerprint density at radius 1 is 1.13 bits per heavy atom. The van der Waals surface area contributed by atoms with Gasteiger partial charge in [-0.05, 0) is 12.1 Å². The normalized spacial score (nSPS) is 11.4. The van der Waals surface area contributed by atoms with E-state index in [1.54, 1.807) is 13.8 Å². The number of halogens is 4. The quantitative estimate of drug-likeness (QED) is 0.566. The van der Waals surface area contributed by atoms with Crippen LogP contribution in [-0.2, 0) is 6.54 Å². The minimum Gasteiger partial charge on any atom is -0.434 e. The number of aromatic amines is 2. The van der Waals surface area contributed by atoms with Crippen molar-refractivity contribution >= 4 is 23.2 Å². The molecule has 164 valence electrons. The van der Waals surface area contributed by atoms with Crippen molar-refractivity contribution in [2.45, 2.75) is 32.7 Å². The summed E-state index contributed by atoms with van der Waals surface area (Å²) in [6.45, 7) is 2.57. The Balaban J connectivity index is 2.02. The van der Waals surface area contributed by atoms with E-state index < -0.39 is 24.2 Å². The number of ether oxygens (including phenoxy) is 1. The largest absolute Gasteiger partial charge is 0.434 e. The van der Waals surface area contributed by atoms with Gasteiger partial charge in [-0.15, -0.1) is 0 Å². The van der Waals surface area contributed by atoms with Crippen molar-refractivity contribution in [1.29, 1.82) is 0 Å². The van der Waals surface area contributed by atoms with Crippen LogP contribution in [0, 0.1) is 0 Å². The molecule has 0 unspecified atom stereocenters. The van der Waals surface area contributed by atoms with Crippen LogP contribution >= 0.6 is 23.2 Å². The van der Waals surface area contributed by atoms with E-state index >= 15 is 0 Å². The van der Waals surface area contributed by atoms with Gasteiger partial charge in [-0.25, -0.2) is 23.2 Å². The molecule has 0 aliphatic heterocycles. The molecule has 0 spiro atoms. The van der Waals surface area contributed by atoms with Gasteiger partial charge in [0.15, 0.2) is 11.4 Å². The lowest BCUT2D eigenvalue weighted by atomic mass is 10.1. The van der Waals surface area contributed by atoms with Crippen molar-refractivity contribution in [2.75, 3.05) is 0 Å². The Bertz CT molecular complexity index is 1280. The summed E-state index contributed by atoms with van der Waals surface area (Å²) < 4.78 is 31.3. The molecule has 0 radical (unpaired) electrons. The summed E-state index contributed by atoms with van der Waals surface area (Å²) in [4.78, 5) is 44.2. The number of aromatic nitrogens is 5. The molecule has 0 atom stereocenters. The van der Waals surface area contributed by atoms with Crippen LogP contribution in [0.1, 0.15) is 25.5 Å². The maximum Gasteiger partial charge on any atom is 0.344 e. The summed E-state index contributed by atoms with van der Waals surface area (Å²) >= 11 is 12.5. The first kappa shape index (κ1) is 22.6. The van der Waals surface area contributed by atoms with E-state index in [2.05, 4.69) is 15.1 Å². The van der Waals surface area contributed by atoms with Crippen LogP contribution in [0.4, 0.5) is 8.78 Å². The Morgan fingerprint density at radius 2 is 1.77 bits per heavy atom. The standard InChI is InChI=1S/C18H15Cl2F2N5O4/c1-7(2)13-16(28)23-5-12(24-13)31-15-9(19)3-8(4-10(15)20)14-17(29)25-18(30)27(26-14)6-11(21)22/h3-5,7,11H,6H2,1-2H3,(H,23,28)(H,25,29,30). The second-order valence-electron chi connectivity index (χ2n) is 6.66. The molecular weight excluding hydrogens is 459 g/mol. The molecule has 2 N–H and O–H groups in total. The summed E-state index contributed by atoms with van der Waals surface area (Å²) in [6.07, 6.45) is -1.62. The van der Waals surface area contributed by atoms with E-state index in [1.807, 2.05) is 4.98 Å². The molecule has 31 heavy (non-hydrogen) atoms. The predicted octanol–water partition coefficient (Wildman–Crippen LogP) is 3.17. The molecule has 1 aromatic carbocycles. The lowest BCUT2D eigenvalue weighted by Crippen LogP contribution is -2.35. The van der Waals surface area contributed by atoms with Gasteiger partial charge in [0.25, 0.3) is 17.5 Å². The van der Waals surface area contributed by atoms with Gasteiger partial charge < -0.3 is 9.72 Å². The second-order valence-corrected chi connectivity index (χ2v) is 7.47. The van der Waals surface area contributed by atoms with Gasteiger partial charge in [0, 0.05) is 11.5 Å². The summed E-state index contributed by atoms with van der Waals surface area (Å²) in [6, 6.07) is 2.54. The lowest BCUT2D eigenvalue weighted by molar-refractivity contribution is 0.119. The lowest BCUT2D eigenvalue weighted by Gasteiger charge is -2.12. The third kappa shape index (κ3) is 5.00. The molecule has 3 rings (SSSR count). The first-order chi connectivity index (χ1) is 14.6. The summed E-state index contributed by atoms with van der Waals surface area (Å²) in [5.41, 5.74) is -2.35. The average Bonchev–Trinajstić information content (AvgIpc) is 2.67. The van der Waals surface area contributed by atoms with Gasteiger partial charge >= 0.3 is 5.69 Å². The van der Waals surface area contributed by atoms with Crippen LogP contribution in [0.25, 0.3) is 11.3 Å². The minimum absolute atomic E-state index is 0.0151. The monoisotopic (exact) mass is 473 g/mol.